The van der Waals surface area contributed by atoms with Gasteiger partial charge in [-0.05, 0) is 38.1 Å². The van der Waals surface area contributed by atoms with Crippen LogP contribution in [0.2, 0.25) is 0 Å². The van der Waals surface area contributed by atoms with Gasteiger partial charge in [0.1, 0.15) is 18.4 Å². The largest absolute Gasteiger partial charge is 0.474 e. The molecular weight excluding hydrogens is 550 g/mol. The van der Waals surface area contributed by atoms with Crippen LogP contribution < -0.4 is 25.2 Å². The van der Waals surface area contributed by atoms with Crippen LogP contribution in [0.1, 0.15) is 13.8 Å². The number of nitrogens with one attached hydrogen (secondary N) is 2. The molecule has 40 heavy (non-hydrogen) atoms. The highest BCUT2D eigenvalue weighted by atomic mass is 31.2. The maximum atomic E-state index is 14.6. The van der Waals surface area contributed by atoms with E-state index in [1.165, 1.54) is 26.0 Å². The Balaban J connectivity index is 1.34. The zero-order chi connectivity index (χ0) is 28.5. The van der Waals surface area contributed by atoms with Crippen LogP contribution in [0.3, 0.4) is 0 Å². The van der Waals surface area contributed by atoms with Crippen LogP contribution in [0.25, 0.3) is 0 Å². The molecule has 1 saturated heterocycles. The first-order chi connectivity index (χ1) is 19.0. The highest BCUT2D eigenvalue weighted by Gasteiger charge is 2.42. The fourth-order valence-corrected chi connectivity index (χ4v) is 4.24. The first-order valence-electron chi connectivity index (χ1n) is 12.1. The van der Waals surface area contributed by atoms with Crippen LogP contribution in [0, 0.1) is 5.82 Å². The lowest BCUT2D eigenvalue weighted by atomic mass is 10.1. The predicted molar refractivity (Wildman–Crippen MR) is 140 cm³/mol. The van der Waals surface area contributed by atoms with Crippen molar-refractivity contribution in [2.45, 2.75) is 19.4 Å². The third-order valence-corrected chi connectivity index (χ3v) is 6.36. The molecule has 0 saturated carbocycles. The number of morpholine rings is 1. The summed E-state index contributed by atoms with van der Waals surface area (Å²) in [4.78, 5) is 51.0. The number of amides is 1. The van der Waals surface area contributed by atoms with Gasteiger partial charge in [0, 0.05) is 13.1 Å². The van der Waals surface area contributed by atoms with Crippen molar-refractivity contribution >= 4 is 48.6 Å². The maximum absolute atomic E-state index is 14.6. The second-order valence-corrected chi connectivity index (χ2v) is 10.5. The molecule has 0 atom stereocenters. The molecule has 0 aliphatic carbocycles. The molecule has 0 spiro atoms. The van der Waals surface area contributed by atoms with E-state index >= 15 is 0 Å². The normalized spacial score (nSPS) is 16.8. The van der Waals surface area contributed by atoms with E-state index in [1.54, 1.807) is 12.3 Å². The summed E-state index contributed by atoms with van der Waals surface area (Å²) in [5.74, 6) is -0.613. The monoisotopic (exact) mass is 576 g/mol. The summed E-state index contributed by atoms with van der Waals surface area (Å²) in [5.41, 5.74) is -0.767. The fourth-order valence-electron chi connectivity index (χ4n) is 3.98. The predicted octanol–water partition coefficient (Wildman–Crippen LogP) is 2.30. The molecule has 1 fully saturated rings. The lowest BCUT2D eigenvalue weighted by molar-refractivity contribution is -0.133. The number of pyridine rings is 2. The number of ether oxygens (including phenoxy) is 2. The number of hydrogen-bond donors (Lipinski definition) is 4. The summed E-state index contributed by atoms with van der Waals surface area (Å²) >= 11 is 0. The number of halogens is 1. The molecule has 2 aliphatic rings. The summed E-state index contributed by atoms with van der Waals surface area (Å²) < 4.78 is 41.5. The minimum atomic E-state index is -4.89. The lowest BCUT2D eigenvalue weighted by Gasteiger charge is -2.37. The minimum absolute atomic E-state index is 0.0658. The van der Waals surface area contributed by atoms with E-state index in [0.29, 0.717) is 18.9 Å². The Kier molecular flexibility index (Phi) is 7.53. The van der Waals surface area contributed by atoms with Gasteiger partial charge in [0.05, 0.1) is 31.3 Å². The van der Waals surface area contributed by atoms with Crippen LogP contribution in [0.5, 0.6) is 5.75 Å². The fraction of sp³-hybridized carbons (Fsp3) is 0.348. The van der Waals surface area contributed by atoms with Gasteiger partial charge < -0.3 is 34.8 Å². The topological polar surface area (TPSA) is 184 Å². The Morgan fingerprint density at radius 2 is 1.88 bits per heavy atom. The van der Waals surface area contributed by atoms with Gasteiger partial charge in [-0.25, -0.2) is 23.9 Å². The zero-order valence-corrected chi connectivity index (χ0v) is 22.3. The van der Waals surface area contributed by atoms with E-state index in [4.69, 9.17) is 19.3 Å². The van der Waals surface area contributed by atoms with Crippen LogP contribution in [-0.2, 0) is 18.6 Å². The zero-order valence-electron chi connectivity index (χ0n) is 21.4. The first-order valence-corrected chi connectivity index (χ1v) is 13.6. The molecule has 5 heterocycles. The number of hydrogen-bond acceptors (Lipinski definition) is 12. The van der Waals surface area contributed by atoms with E-state index in [0.717, 1.165) is 30.0 Å². The SMILES string of the molecule is CC1(C)Oc2ccc(Nc3nc(Nc4ccc(N5CCOCC5)nc4)ncc3F)nc2N(COP(=O)(O)O)C1=O. The molecule has 0 unspecified atom stereocenters. The Labute approximate surface area is 227 Å². The molecule has 3 aromatic rings. The maximum Gasteiger partial charge on any atom is 0.471 e. The number of fused-ring (bicyclic) bond motifs is 1. The number of nitrogens with zero attached hydrogens (tertiary/aromatic N) is 6. The smallest absolute Gasteiger partial charge is 0.471 e. The molecule has 0 radical (unpaired) electrons. The number of phosphoric ester groups is 1. The van der Waals surface area contributed by atoms with E-state index in [-0.39, 0.29) is 29.2 Å². The van der Waals surface area contributed by atoms with E-state index in [2.05, 4.69) is 40.0 Å². The van der Waals surface area contributed by atoms with E-state index < -0.39 is 31.9 Å². The summed E-state index contributed by atoms with van der Waals surface area (Å²) in [7, 11) is -4.89. The van der Waals surface area contributed by atoms with Gasteiger partial charge in [-0.1, -0.05) is 0 Å². The molecule has 1 amide bonds. The highest BCUT2D eigenvalue weighted by molar-refractivity contribution is 7.46. The quantitative estimate of drug-likeness (QED) is 0.286. The standard InChI is InChI=1S/C23H26FN8O7P/c1-23(2)21(33)32(13-38-40(34,35)36)20-16(39-23)4-5-17(29-20)28-19-15(24)12-26-22(30-19)27-14-3-6-18(25-11-14)31-7-9-37-10-8-31/h3-6,11-12H,7-10,13H2,1-2H3,(H2,34,35,36)(H2,26,27,28,29,30). The molecule has 15 nitrogen and oxygen atoms in total. The Morgan fingerprint density at radius 3 is 2.58 bits per heavy atom. The van der Waals surface area contributed by atoms with Crippen molar-refractivity contribution in [2.75, 3.05) is 53.5 Å². The summed E-state index contributed by atoms with van der Waals surface area (Å²) in [6.07, 6.45) is 2.59. The van der Waals surface area contributed by atoms with Crippen molar-refractivity contribution in [2.24, 2.45) is 0 Å². The third kappa shape index (κ3) is 6.26. The van der Waals surface area contributed by atoms with Crippen molar-refractivity contribution in [3.05, 3.63) is 42.5 Å². The molecular formula is C23H26FN8O7P. The van der Waals surface area contributed by atoms with Crippen LogP contribution in [-0.4, -0.2) is 74.3 Å². The number of carbonyl (C=O) groups is 1. The second-order valence-electron chi connectivity index (χ2n) is 9.26. The Hall–Kier alpha value is -3.95. The summed E-state index contributed by atoms with van der Waals surface area (Å²) in [6, 6.07) is 6.59. The van der Waals surface area contributed by atoms with Crippen molar-refractivity contribution in [1.82, 2.24) is 19.9 Å². The number of aromatic nitrogens is 4. The molecule has 17 heteroatoms. The van der Waals surface area contributed by atoms with Crippen molar-refractivity contribution in [3.63, 3.8) is 0 Å². The van der Waals surface area contributed by atoms with Gasteiger partial charge in [-0.3, -0.25) is 14.2 Å². The molecule has 3 aromatic heterocycles. The lowest BCUT2D eigenvalue weighted by Crippen LogP contribution is -2.53. The van der Waals surface area contributed by atoms with Gasteiger partial charge in [0.2, 0.25) is 5.95 Å². The molecule has 4 N–H and O–H groups in total. The molecule has 212 valence electrons. The summed E-state index contributed by atoms with van der Waals surface area (Å²) in [5, 5.41) is 5.70. The number of anilines is 6. The van der Waals surface area contributed by atoms with E-state index in [1.807, 2.05) is 6.07 Å². The van der Waals surface area contributed by atoms with Gasteiger partial charge >= 0.3 is 7.82 Å². The first kappa shape index (κ1) is 27.6. The Bertz CT molecular complexity index is 1450. The van der Waals surface area contributed by atoms with Gasteiger partial charge in [0.25, 0.3) is 5.91 Å². The van der Waals surface area contributed by atoms with Gasteiger partial charge in [-0.2, -0.15) is 4.98 Å². The van der Waals surface area contributed by atoms with Crippen LogP contribution in [0.15, 0.2) is 36.7 Å². The minimum Gasteiger partial charge on any atom is -0.474 e. The second kappa shape index (κ2) is 10.9. The van der Waals surface area contributed by atoms with Crippen LogP contribution in [0.4, 0.5) is 39.3 Å². The molecule has 2 aliphatic heterocycles. The Morgan fingerprint density at radius 1 is 1.10 bits per heavy atom. The van der Waals surface area contributed by atoms with Gasteiger partial charge in [0.15, 0.2) is 28.8 Å². The average Bonchev–Trinajstić information content (AvgIpc) is 2.91. The highest BCUT2D eigenvalue weighted by Crippen LogP contribution is 2.41. The number of rotatable bonds is 8. The van der Waals surface area contributed by atoms with Crippen LogP contribution >= 0.6 is 7.82 Å². The molecule has 0 bridgehead atoms. The number of phosphoric acid groups is 1. The van der Waals surface area contributed by atoms with E-state index in [9.17, 15) is 13.8 Å². The van der Waals surface area contributed by atoms with Gasteiger partial charge in [-0.15, -0.1) is 0 Å². The van der Waals surface area contributed by atoms with Crippen molar-refractivity contribution in [1.29, 1.82) is 0 Å². The number of carbonyl (C=O) groups excluding carboxylic acids is 1. The summed E-state index contributed by atoms with van der Waals surface area (Å²) in [6.45, 7) is 4.98. The van der Waals surface area contributed by atoms with Crippen molar-refractivity contribution < 1.29 is 37.5 Å². The molecule has 5 rings (SSSR count). The van der Waals surface area contributed by atoms with Crippen molar-refractivity contribution in [3.8, 4) is 5.75 Å². The third-order valence-electron chi connectivity index (χ3n) is 5.90. The molecule has 0 aromatic carbocycles. The average molecular weight is 576 g/mol.